The topological polar surface area (TPSA) is 18.5 Å². The fraction of sp³-hybridized carbons (Fsp3) is 1.00. The summed E-state index contributed by atoms with van der Waals surface area (Å²) in [4.78, 5) is 10.2. The van der Waals surface area contributed by atoms with Crippen LogP contribution in [0.3, 0.4) is 0 Å². The first kappa shape index (κ1) is 15.7. The van der Waals surface area contributed by atoms with Gasteiger partial charge in [0.1, 0.15) is 0 Å². The molecular weight excluding hydrogens is 188 g/mol. The quantitative estimate of drug-likeness (QED) is 0.373. The molecule has 0 saturated carbocycles. The molecule has 0 fully saturated rings. The van der Waals surface area contributed by atoms with Crippen molar-refractivity contribution in [2.24, 2.45) is 0 Å². The van der Waals surface area contributed by atoms with E-state index in [4.69, 9.17) is 21.4 Å². The number of hydrogen-bond acceptors (Lipinski definition) is 2. The summed E-state index contributed by atoms with van der Waals surface area (Å²) in [6, 6.07) is 0. The number of rotatable bonds is 1. The van der Waals surface area contributed by atoms with Gasteiger partial charge in [-0.25, -0.2) is 9.78 Å². The molecule has 0 aromatic carbocycles. The Morgan fingerprint density at radius 1 is 0.846 bits per heavy atom. The fourth-order valence-electron chi connectivity index (χ4n) is 0.250. The summed E-state index contributed by atoms with van der Waals surface area (Å²) in [5.41, 5.74) is -0.430. The van der Waals surface area contributed by atoms with Crippen molar-refractivity contribution in [3.63, 3.8) is 0 Å². The second-order valence-electron chi connectivity index (χ2n) is 4.66. The van der Waals surface area contributed by atoms with Crippen LogP contribution in [0.5, 0.6) is 0 Å². The second kappa shape index (κ2) is 6.63. The van der Waals surface area contributed by atoms with Gasteiger partial charge >= 0.3 is 0 Å². The van der Waals surface area contributed by atoms with Crippen molar-refractivity contribution < 1.29 is 9.78 Å². The van der Waals surface area contributed by atoms with Crippen LogP contribution in [0.2, 0.25) is 0 Å². The highest BCUT2D eigenvalue weighted by molar-refractivity contribution is 6.17. The van der Waals surface area contributed by atoms with Gasteiger partial charge in [0.15, 0.2) is 0 Å². The largest absolute Gasteiger partial charge is 0.230 e. The molecule has 0 radical (unpaired) electrons. The first-order chi connectivity index (χ1) is 5.62. The molecule has 13 heavy (non-hydrogen) atoms. The summed E-state index contributed by atoms with van der Waals surface area (Å²) >= 11 is 5.00. The lowest BCUT2D eigenvalue weighted by Gasteiger charge is -2.24. The summed E-state index contributed by atoms with van der Waals surface area (Å²) in [6.45, 7) is 13.6. The van der Waals surface area contributed by atoms with Gasteiger partial charge in [-0.1, -0.05) is 6.92 Å². The Labute approximate surface area is 87.5 Å². The Bertz CT molecular complexity index is 97.1. The molecule has 0 aliphatic rings. The molecule has 3 heteroatoms. The average Bonchev–Trinajstić information content (AvgIpc) is 1.82. The van der Waals surface area contributed by atoms with Gasteiger partial charge < -0.3 is 0 Å². The average molecular weight is 211 g/mol. The van der Waals surface area contributed by atoms with Crippen molar-refractivity contribution in [3.8, 4) is 0 Å². The maximum Gasteiger partial charge on any atom is 0.0952 e. The molecule has 0 aliphatic carbocycles. The van der Waals surface area contributed by atoms with Crippen LogP contribution in [0.1, 0.15) is 48.5 Å². The van der Waals surface area contributed by atoms with Crippen molar-refractivity contribution in [2.45, 2.75) is 59.7 Å². The van der Waals surface area contributed by atoms with Crippen LogP contribution in [0.4, 0.5) is 0 Å². The minimum absolute atomic E-state index is 0.215. The Hall–Kier alpha value is 0.210. The van der Waals surface area contributed by atoms with E-state index in [1.165, 1.54) is 0 Å². The molecule has 0 atom stereocenters. The van der Waals surface area contributed by atoms with Crippen molar-refractivity contribution in [1.29, 1.82) is 0 Å². The summed E-state index contributed by atoms with van der Waals surface area (Å²) < 4.78 is 0. The third-order valence-corrected chi connectivity index (χ3v) is 0.542. The van der Waals surface area contributed by atoms with E-state index in [0.717, 1.165) is 5.88 Å². The van der Waals surface area contributed by atoms with Gasteiger partial charge in [0.05, 0.1) is 11.2 Å². The van der Waals surface area contributed by atoms with Gasteiger partial charge in [0.25, 0.3) is 0 Å². The van der Waals surface area contributed by atoms with E-state index in [2.05, 4.69) is 0 Å². The first-order valence-electron chi connectivity index (χ1n) is 4.55. The molecule has 0 heterocycles. The second-order valence-corrected chi connectivity index (χ2v) is 5.19. The molecular formula is C10H23ClO2. The molecule has 2 nitrogen and oxygen atoms in total. The lowest BCUT2D eigenvalue weighted by atomic mass is 10.2. The van der Waals surface area contributed by atoms with Gasteiger partial charge in [0, 0.05) is 5.88 Å². The standard InChI is InChI=1S/C8H18O2.C2H5Cl/c1-7(2,3)9-10-8(4,5)6;1-2-3/h1-6H3;2H2,1H3. The van der Waals surface area contributed by atoms with Crippen LogP contribution >= 0.6 is 11.6 Å². The van der Waals surface area contributed by atoms with E-state index in [1.54, 1.807) is 0 Å². The van der Waals surface area contributed by atoms with Crippen LogP contribution < -0.4 is 0 Å². The monoisotopic (exact) mass is 210 g/mol. The van der Waals surface area contributed by atoms with Gasteiger partial charge in [0.2, 0.25) is 0 Å². The van der Waals surface area contributed by atoms with Gasteiger partial charge in [-0.15, -0.1) is 11.6 Å². The molecule has 0 aliphatic heterocycles. The molecule has 0 rings (SSSR count). The minimum Gasteiger partial charge on any atom is -0.230 e. The SMILES string of the molecule is CC(C)(C)OOC(C)(C)C.CCCl. The number of hydrogen-bond donors (Lipinski definition) is 0. The third kappa shape index (κ3) is 24.5. The van der Waals surface area contributed by atoms with E-state index < -0.39 is 0 Å². The van der Waals surface area contributed by atoms with E-state index in [9.17, 15) is 0 Å². The Kier molecular flexibility index (Phi) is 8.00. The predicted molar refractivity (Wildman–Crippen MR) is 58.1 cm³/mol. The van der Waals surface area contributed by atoms with Crippen LogP contribution in [-0.2, 0) is 9.78 Å². The summed E-state index contributed by atoms with van der Waals surface area (Å²) in [6.07, 6.45) is 0. The van der Waals surface area contributed by atoms with Crippen molar-refractivity contribution in [1.82, 2.24) is 0 Å². The van der Waals surface area contributed by atoms with E-state index >= 15 is 0 Å². The van der Waals surface area contributed by atoms with Crippen molar-refractivity contribution in [3.05, 3.63) is 0 Å². The smallest absolute Gasteiger partial charge is 0.0952 e. The number of halogens is 1. The van der Waals surface area contributed by atoms with Gasteiger partial charge in [-0.05, 0) is 41.5 Å². The van der Waals surface area contributed by atoms with E-state index in [0.29, 0.717) is 0 Å². The van der Waals surface area contributed by atoms with Crippen LogP contribution in [0, 0.1) is 0 Å². The summed E-state index contributed by atoms with van der Waals surface area (Å²) in [7, 11) is 0. The molecule has 82 valence electrons. The lowest BCUT2D eigenvalue weighted by molar-refractivity contribution is -0.393. The third-order valence-electron chi connectivity index (χ3n) is 0.542. The Balaban J connectivity index is 0. The van der Waals surface area contributed by atoms with E-state index in [1.807, 2.05) is 48.5 Å². The minimum atomic E-state index is -0.215. The molecule has 0 aromatic heterocycles. The van der Waals surface area contributed by atoms with Crippen LogP contribution in [0.25, 0.3) is 0 Å². The lowest BCUT2D eigenvalue weighted by Crippen LogP contribution is -2.27. The van der Waals surface area contributed by atoms with Crippen molar-refractivity contribution >= 4 is 11.6 Å². The molecule has 0 saturated heterocycles. The maximum absolute atomic E-state index is 5.09. The zero-order chi connectivity index (χ0) is 11.1. The van der Waals surface area contributed by atoms with Crippen molar-refractivity contribution in [2.75, 3.05) is 5.88 Å². The van der Waals surface area contributed by atoms with Crippen LogP contribution in [0.15, 0.2) is 0 Å². The molecule has 0 N–H and O–H groups in total. The van der Waals surface area contributed by atoms with Gasteiger partial charge in [-0.2, -0.15) is 0 Å². The summed E-state index contributed by atoms with van der Waals surface area (Å²) in [5, 5.41) is 0. The highest BCUT2D eigenvalue weighted by atomic mass is 35.5. The summed E-state index contributed by atoms with van der Waals surface area (Å²) in [5.74, 6) is 0.722. The Morgan fingerprint density at radius 3 is 1.08 bits per heavy atom. The molecule has 0 aromatic rings. The zero-order valence-electron chi connectivity index (χ0n) is 9.90. The molecule has 0 spiro atoms. The normalized spacial score (nSPS) is 12.0. The highest BCUT2D eigenvalue weighted by Gasteiger charge is 2.18. The van der Waals surface area contributed by atoms with Gasteiger partial charge in [-0.3, -0.25) is 0 Å². The number of alkyl halides is 1. The predicted octanol–water partition coefficient (Wildman–Crippen LogP) is 3.78. The Morgan fingerprint density at radius 2 is 1.00 bits per heavy atom. The fourth-order valence-corrected chi connectivity index (χ4v) is 0.250. The maximum atomic E-state index is 5.09. The first-order valence-corrected chi connectivity index (χ1v) is 5.08. The van der Waals surface area contributed by atoms with E-state index in [-0.39, 0.29) is 11.2 Å². The van der Waals surface area contributed by atoms with Crippen LogP contribution in [-0.4, -0.2) is 17.1 Å². The molecule has 0 unspecified atom stereocenters. The highest BCUT2D eigenvalue weighted by Crippen LogP contribution is 2.14. The molecule has 0 bridgehead atoms. The zero-order valence-corrected chi connectivity index (χ0v) is 10.7. The molecule has 0 amide bonds.